The third kappa shape index (κ3) is 5.58. The number of unbranched alkanes of at least 4 members (excludes halogenated alkanes) is 3. The van der Waals surface area contributed by atoms with Gasteiger partial charge >= 0.3 is 148 Å². The number of nitrogens with zero attached hydrogens (tertiary/aromatic N) is 1. The summed E-state index contributed by atoms with van der Waals surface area (Å²) in [5.41, 5.74) is 0.496. The molecule has 0 unspecified atom stereocenters. The van der Waals surface area contributed by atoms with E-state index in [0.717, 1.165) is 3.91 Å². The fraction of sp³-hybridized carbons (Fsp3) is 0.842. The van der Waals surface area contributed by atoms with Crippen LogP contribution in [-0.2, 0) is 0 Å². The Balaban J connectivity index is 2.99. The molecule has 0 aliphatic rings. The van der Waals surface area contributed by atoms with Gasteiger partial charge in [0.25, 0.3) is 0 Å². The Bertz CT molecular complexity index is 364. The fourth-order valence-corrected chi connectivity index (χ4v) is 7.66. The molecule has 1 rings (SSSR count). The molecular weight excluding hydrogens is 377 g/mol. The normalized spacial score (nSPS) is 12.8. The van der Waals surface area contributed by atoms with Crippen molar-refractivity contribution in [1.29, 1.82) is 0 Å². The van der Waals surface area contributed by atoms with E-state index in [1.165, 1.54) is 57.8 Å². The Hall–Kier alpha value is 0.00870. The van der Waals surface area contributed by atoms with E-state index >= 15 is 0 Å². The summed E-state index contributed by atoms with van der Waals surface area (Å²) < 4.78 is 7.12. The van der Waals surface area contributed by atoms with Crippen molar-refractivity contribution < 1.29 is 4.42 Å². The first kappa shape index (κ1) is 20.1. The van der Waals surface area contributed by atoms with Gasteiger partial charge in [-0.1, -0.05) is 0 Å². The zero-order chi connectivity index (χ0) is 16.5. The number of rotatable bonds is 12. The molecule has 1 aromatic heterocycles. The van der Waals surface area contributed by atoms with Crippen molar-refractivity contribution in [2.24, 2.45) is 5.41 Å². The first-order valence-corrected chi connectivity index (χ1v) is 12.0. The summed E-state index contributed by atoms with van der Waals surface area (Å²) in [4.78, 5) is 4.46. The molecule has 0 fully saturated rings. The van der Waals surface area contributed by atoms with Gasteiger partial charge in [-0.05, 0) is 0 Å². The SMILES string of the molecule is CCCCC(CCCC)(CCCC)[C](C)(C)[Sn][c]1ncco1. The fourth-order valence-electron chi connectivity index (χ4n) is 3.54. The van der Waals surface area contributed by atoms with Gasteiger partial charge in [0.15, 0.2) is 0 Å². The first-order valence-electron chi connectivity index (χ1n) is 9.19. The molecule has 2 nitrogen and oxygen atoms in total. The summed E-state index contributed by atoms with van der Waals surface area (Å²) in [6.45, 7) is 12.0. The van der Waals surface area contributed by atoms with Crippen LogP contribution in [-0.4, -0.2) is 26.1 Å². The van der Waals surface area contributed by atoms with Crippen molar-refractivity contribution in [2.75, 3.05) is 0 Å². The van der Waals surface area contributed by atoms with Gasteiger partial charge < -0.3 is 0 Å². The number of aromatic nitrogens is 1. The summed E-state index contributed by atoms with van der Waals surface area (Å²) in [5.74, 6) is 0. The van der Waals surface area contributed by atoms with E-state index in [1.807, 2.05) is 6.20 Å². The maximum atomic E-state index is 5.64. The molecule has 3 heteroatoms. The van der Waals surface area contributed by atoms with Gasteiger partial charge in [0.2, 0.25) is 0 Å². The van der Waals surface area contributed by atoms with Crippen LogP contribution in [0.2, 0.25) is 3.43 Å². The molecule has 0 aliphatic heterocycles. The topological polar surface area (TPSA) is 26.0 Å². The van der Waals surface area contributed by atoms with E-state index in [9.17, 15) is 0 Å². The van der Waals surface area contributed by atoms with Gasteiger partial charge in [-0.25, -0.2) is 0 Å². The third-order valence-electron chi connectivity index (χ3n) is 5.20. The van der Waals surface area contributed by atoms with Gasteiger partial charge in [0.1, 0.15) is 0 Å². The summed E-state index contributed by atoms with van der Waals surface area (Å²) >= 11 is -0.835. The quantitative estimate of drug-likeness (QED) is 0.408. The molecule has 2 radical (unpaired) electrons. The number of oxazole rings is 1. The van der Waals surface area contributed by atoms with Gasteiger partial charge in [0, 0.05) is 0 Å². The summed E-state index contributed by atoms with van der Waals surface area (Å²) in [6, 6.07) is 0. The van der Waals surface area contributed by atoms with Crippen LogP contribution >= 0.6 is 0 Å². The Kier molecular flexibility index (Phi) is 9.11. The summed E-state index contributed by atoms with van der Waals surface area (Å²) in [5, 5.41) is 0. The molecule has 0 bridgehead atoms. The van der Waals surface area contributed by atoms with E-state index in [0.29, 0.717) is 8.85 Å². The van der Waals surface area contributed by atoms with Crippen LogP contribution in [0, 0.1) is 5.41 Å². The molecular formula is C19H35NOSn. The van der Waals surface area contributed by atoms with E-state index in [2.05, 4.69) is 39.6 Å². The second-order valence-corrected chi connectivity index (χ2v) is 12.7. The van der Waals surface area contributed by atoms with E-state index < -0.39 is 21.1 Å². The van der Waals surface area contributed by atoms with Gasteiger partial charge in [-0.2, -0.15) is 0 Å². The van der Waals surface area contributed by atoms with Crippen LogP contribution in [0.1, 0.15) is 92.4 Å². The monoisotopic (exact) mass is 413 g/mol. The van der Waals surface area contributed by atoms with Crippen LogP contribution in [0.3, 0.4) is 0 Å². The number of hydrogen-bond acceptors (Lipinski definition) is 2. The molecule has 0 N–H and O–H groups in total. The Morgan fingerprint density at radius 1 is 0.955 bits per heavy atom. The zero-order valence-electron chi connectivity index (χ0n) is 15.4. The van der Waals surface area contributed by atoms with Gasteiger partial charge in [-0.3, -0.25) is 0 Å². The maximum absolute atomic E-state index is 5.64. The molecule has 0 aliphatic carbocycles. The predicted octanol–water partition coefficient (Wildman–Crippen LogP) is 5.76. The minimum absolute atomic E-state index is 0.403. The average Bonchev–Trinajstić information content (AvgIpc) is 2.98. The van der Waals surface area contributed by atoms with Crippen molar-refractivity contribution in [2.45, 2.75) is 95.8 Å². The summed E-state index contributed by atoms with van der Waals surface area (Å²) in [6.07, 6.45) is 15.7. The predicted molar refractivity (Wildman–Crippen MR) is 96.9 cm³/mol. The van der Waals surface area contributed by atoms with Crippen molar-refractivity contribution >= 4 is 25.0 Å². The van der Waals surface area contributed by atoms with Crippen LogP contribution in [0.4, 0.5) is 0 Å². The van der Waals surface area contributed by atoms with Crippen molar-refractivity contribution in [3.05, 3.63) is 12.5 Å². The van der Waals surface area contributed by atoms with E-state index in [4.69, 9.17) is 4.42 Å². The standard InChI is InChI=1S/C16H33.C3H2NO.Sn/c1-6-9-12-16(15(4)5,13-10-7-2)14-11-8-3;1-2-5-3-4-1;/h6-14H2,1-5H3;1-2H;. The molecule has 0 saturated carbocycles. The molecule has 0 aromatic carbocycles. The average molecular weight is 412 g/mol. The molecule has 22 heavy (non-hydrogen) atoms. The second-order valence-electron chi connectivity index (χ2n) is 7.18. The van der Waals surface area contributed by atoms with Crippen molar-refractivity contribution in [3.63, 3.8) is 0 Å². The molecule has 0 saturated heterocycles. The van der Waals surface area contributed by atoms with Crippen LogP contribution < -0.4 is 3.91 Å². The first-order chi connectivity index (χ1) is 10.5. The third-order valence-corrected chi connectivity index (χ3v) is 9.82. The Morgan fingerprint density at radius 2 is 1.45 bits per heavy atom. The Morgan fingerprint density at radius 3 is 1.82 bits per heavy atom. The molecule has 1 heterocycles. The van der Waals surface area contributed by atoms with Crippen molar-refractivity contribution in [1.82, 2.24) is 4.98 Å². The molecule has 0 atom stereocenters. The Labute approximate surface area is 148 Å². The molecule has 1 aromatic rings. The summed E-state index contributed by atoms with van der Waals surface area (Å²) in [7, 11) is 0. The second kappa shape index (κ2) is 9.99. The van der Waals surface area contributed by atoms with Crippen LogP contribution in [0.15, 0.2) is 16.9 Å². The van der Waals surface area contributed by atoms with Crippen LogP contribution in [0.5, 0.6) is 0 Å². The molecule has 0 spiro atoms. The number of hydrogen-bond donors (Lipinski definition) is 0. The van der Waals surface area contributed by atoms with Crippen molar-refractivity contribution in [3.8, 4) is 0 Å². The van der Waals surface area contributed by atoms with Gasteiger partial charge in [0.05, 0.1) is 0 Å². The van der Waals surface area contributed by atoms with E-state index in [1.54, 1.807) is 6.26 Å². The van der Waals surface area contributed by atoms with E-state index in [-0.39, 0.29) is 0 Å². The van der Waals surface area contributed by atoms with Gasteiger partial charge in [-0.15, -0.1) is 0 Å². The van der Waals surface area contributed by atoms with Crippen LogP contribution in [0.25, 0.3) is 0 Å². The molecule has 126 valence electrons. The zero-order valence-corrected chi connectivity index (χ0v) is 18.2. The minimum atomic E-state index is -0.835. The molecule has 0 amide bonds.